The van der Waals surface area contributed by atoms with Crippen LogP contribution in [0, 0.1) is 6.92 Å². The third-order valence-electron chi connectivity index (χ3n) is 6.90. The molecule has 2 aromatic rings. The molecule has 2 aromatic carbocycles. The van der Waals surface area contributed by atoms with Gasteiger partial charge in [0, 0.05) is 30.5 Å². The summed E-state index contributed by atoms with van der Waals surface area (Å²) in [6.07, 6.45) is -3.87. The Kier molecular flexibility index (Phi) is 9.07. The van der Waals surface area contributed by atoms with Crippen molar-refractivity contribution < 1.29 is 46.1 Å². The molecule has 41 heavy (non-hydrogen) atoms. The van der Waals surface area contributed by atoms with Crippen molar-refractivity contribution in [1.29, 1.82) is 0 Å². The number of amidine groups is 1. The van der Waals surface area contributed by atoms with Gasteiger partial charge in [0.15, 0.2) is 0 Å². The summed E-state index contributed by atoms with van der Waals surface area (Å²) in [6.45, 7) is 1.61. The van der Waals surface area contributed by atoms with E-state index in [0.29, 0.717) is 16.9 Å². The van der Waals surface area contributed by atoms with Crippen molar-refractivity contribution in [3.8, 4) is 11.5 Å². The first kappa shape index (κ1) is 30.5. The molecule has 1 fully saturated rings. The van der Waals surface area contributed by atoms with Crippen LogP contribution in [0.15, 0.2) is 52.9 Å². The van der Waals surface area contributed by atoms with Gasteiger partial charge in [0.05, 0.1) is 19.3 Å². The minimum atomic E-state index is -4.87. The van der Waals surface area contributed by atoms with E-state index in [2.05, 4.69) is 15.0 Å². The molecule has 0 radical (unpaired) electrons. The molecule has 10 nitrogen and oxygen atoms in total. The minimum absolute atomic E-state index is 0.0173. The Balaban J connectivity index is 1.42. The molecule has 3 N–H and O–H groups in total. The van der Waals surface area contributed by atoms with Crippen LogP contribution in [0.1, 0.15) is 36.0 Å². The number of rotatable bonds is 10. The van der Waals surface area contributed by atoms with E-state index in [-0.39, 0.29) is 57.0 Å². The number of hydrogen-bond acceptors (Lipinski definition) is 8. The van der Waals surface area contributed by atoms with Crippen LogP contribution in [0.5, 0.6) is 11.5 Å². The molecule has 0 aliphatic carbocycles. The molecule has 4 rings (SSSR count). The maximum absolute atomic E-state index is 13.1. The van der Waals surface area contributed by atoms with Gasteiger partial charge in [0.25, 0.3) is 5.91 Å². The first-order valence-corrected chi connectivity index (χ1v) is 14.3. The number of aliphatic hydroxyl groups is 2. The Morgan fingerprint density at radius 1 is 1.20 bits per heavy atom. The second-order valence-electron chi connectivity index (χ2n) is 9.71. The fourth-order valence-corrected chi connectivity index (χ4v) is 5.74. The fourth-order valence-electron chi connectivity index (χ4n) is 4.55. The van der Waals surface area contributed by atoms with E-state index in [1.54, 1.807) is 25.1 Å². The van der Waals surface area contributed by atoms with Crippen LogP contribution in [0.25, 0.3) is 6.08 Å². The molecule has 1 amide bonds. The smallest absolute Gasteiger partial charge is 0.493 e. The average Bonchev–Trinajstić information content (AvgIpc) is 3.23. The van der Waals surface area contributed by atoms with Crippen molar-refractivity contribution in [3.05, 3.63) is 64.6 Å². The second kappa shape index (κ2) is 12.2. The SMILES string of the molecule is Cc1c(C=CS(=O)(=O)N2CCC3(CC2)N=C(c2cccc(OC(F)(F)F)c2)NC3=O)cccc1OCCC(O)CO. The summed E-state index contributed by atoms with van der Waals surface area (Å²) in [5.41, 5.74) is 0.325. The molecule has 1 spiro atoms. The number of sulfonamides is 1. The van der Waals surface area contributed by atoms with Gasteiger partial charge in [0.1, 0.15) is 22.9 Å². The molecule has 0 bridgehead atoms. The van der Waals surface area contributed by atoms with Gasteiger partial charge in [-0.3, -0.25) is 9.79 Å². The Morgan fingerprint density at radius 3 is 2.59 bits per heavy atom. The number of carbonyl (C=O) groups is 1. The number of carbonyl (C=O) groups excluding carboxylic acids is 1. The molecule has 2 heterocycles. The number of hydrogen-bond donors (Lipinski definition) is 3. The quantitative estimate of drug-likeness (QED) is 0.383. The largest absolute Gasteiger partial charge is 0.573 e. The molecule has 2 aliphatic heterocycles. The number of piperidine rings is 1. The zero-order valence-corrected chi connectivity index (χ0v) is 22.9. The highest BCUT2D eigenvalue weighted by Gasteiger charge is 2.47. The summed E-state index contributed by atoms with van der Waals surface area (Å²) in [5.74, 6) is -0.275. The number of ether oxygens (including phenoxy) is 2. The average molecular weight is 598 g/mol. The first-order valence-electron chi connectivity index (χ1n) is 12.8. The van der Waals surface area contributed by atoms with Crippen LogP contribution < -0.4 is 14.8 Å². The predicted molar refractivity (Wildman–Crippen MR) is 144 cm³/mol. The Morgan fingerprint density at radius 2 is 1.90 bits per heavy atom. The first-order chi connectivity index (χ1) is 19.3. The summed E-state index contributed by atoms with van der Waals surface area (Å²) in [4.78, 5) is 17.3. The summed E-state index contributed by atoms with van der Waals surface area (Å²) in [5, 5.41) is 22.1. The molecule has 1 atom stereocenters. The predicted octanol–water partition coefficient (Wildman–Crippen LogP) is 2.73. The van der Waals surface area contributed by atoms with Crippen molar-refractivity contribution in [1.82, 2.24) is 9.62 Å². The normalized spacial score (nSPS) is 18.4. The summed E-state index contributed by atoms with van der Waals surface area (Å²) in [7, 11) is -3.85. The van der Waals surface area contributed by atoms with Crippen LogP contribution in [0.4, 0.5) is 13.2 Å². The summed E-state index contributed by atoms with van der Waals surface area (Å²) < 4.78 is 74.8. The zero-order valence-electron chi connectivity index (χ0n) is 22.1. The Bertz CT molecular complexity index is 1440. The highest BCUT2D eigenvalue weighted by atomic mass is 32.2. The van der Waals surface area contributed by atoms with Crippen molar-refractivity contribution in [2.45, 2.75) is 44.2 Å². The third kappa shape index (κ3) is 7.44. The van der Waals surface area contributed by atoms with Crippen LogP contribution in [-0.2, 0) is 14.8 Å². The van der Waals surface area contributed by atoms with E-state index in [4.69, 9.17) is 9.84 Å². The molecule has 2 aliphatic rings. The van der Waals surface area contributed by atoms with E-state index >= 15 is 0 Å². The lowest BCUT2D eigenvalue weighted by Crippen LogP contribution is -2.50. The van der Waals surface area contributed by atoms with Crippen molar-refractivity contribution >= 4 is 27.8 Å². The fraction of sp³-hybridized carbons (Fsp3) is 0.407. The molecule has 1 unspecified atom stereocenters. The van der Waals surface area contributed by atoms with Crippen molar-refractivity contribution in [3.63, 3.8) is 0 Å². The maximum Gasteiger partial charge on any atom is 0.573 e. The van der Waals surface area contributed by atoms with Crippen molar-refractivity contribution in [2.24, 2.45) is 4.99 Å². The highest BCUT2D eigenvalue weighted by Crippen LogP contribution is 2.33. The maximum atomic E-state index is 13.1. The molecule has 222 valence electrons. The van der Waals surface area contributed by atoms with Gasteiger partial charge in [-0.2, -0.15) is 4.31 Å². The highest BCUT2D eigenvalue weighted by molar-refractivity contribution is 7.92. The Labute approximate surface area is 235 Å². The van der Waals surface area contributed by atoms with Crippen LogP contribution >= 0.6 is 0 Å². The zero-order chi connectivity index (χ0) is 29.8. The molecular formula is C27H30F3N3O7S. The van der Waals surface area contributed by atoms with Gasteiger partial charge in [-0.1, -0.05) is 24.3 Å². The van der Waals surface area contributed by atoms with Crippen LogP contribution in [-0.4, -0.2) is 79.0 Å². The number of aliphatic imine (C=N–C) groups is 1. The minimum Gasteiger partial charge on any atom is -0.493 e. The number of benzene rings is 2. The molecule has 1 saturated heterocycles. The number of amides is 1. The number of halogens is 3. The standard InChI is InChI=1S/C27H30F3N3O7S/c1-18-19(4-3-7-23(18)39-14-8-21(35)17-34)9-15-41(37,38)33-12-10-26(11-13-33)25(36)31-24(32-26)20-5-2-6-22(16-20)40-27(28,29)30/h2-7,9,15-16,21,34-35H,8,10-14,17H2,1H3,(H,31,32,36). The monoisotopic (exact) mass is 597 g/mol. The summed E-state index contributed by atoms with van der Waals surface area (Å²) in [6, 6.07) is 10.3. The number of nitrogens with zero attached hydrogens (tertiary/aromatic N) is 2. The molecule has 0 saturated carbocycles. The van der Waals surface area contributed by atoms with Crippen molar-refractivity contribution in [2.75, 3.05) is 26.3 Å². The van der Waals surface area contributed by atoms with Gasteiger partial charge in [-0.25, -0.2) is 8.42 Å². The number of aliphatic hydroxyl groups excluding tert-OH is 2. The van der Waals surface area contributed by atoms with Gasteiger partial charge in [-0.15, -0.1) is 13.2 Å². The lowest BCUT2D eigenvalue weighted by Gasteiger charge is -2.34. The van der Waals surface area contributed by atoms with E-state index in [9.17, 15) is 31.5 Å². The lowest BCUT2D eigenvalue weighted by molar-refractivity contribution is -0.274. The van der Waals surface area contributed by atoms with E-state index in [1.165, 1.54) is 22.5 Å². The van der Waals surface area contributed by atoms with Gasteiger partial charge >= 0.3 is 6.36 Å². The van der Waals surface area contributed by atoms with Crippen LogP contribution in [0.2, 0.25) is 0 Å². The lowest BCUT2D eigenvalue weighted by atomic mass is 9.89. The van der Waals surface area contributed by atoms with Gasteiger partial charge in [-0.05, 0) is 55.2 Å². The molecular weight excluding hydrogens is 567 g/mol. The summed E-state index contributed by atoms with van der Waals surface area (Å²) >= 11 is 0. The Hall–Kier alpha value is -3.46. The van der Waals surface area contributed by atoms with Gasteiger partial charge in [0.2, 0.25) is 10.0 Å². The second-order valence-corrected chi connectivity index (χ2v) is 11.5. The van der Waals surface area contributed by atoms with E-state index in [1.807, 2.05) is 0 Å². The van der Waals surface area contributed by atoms with Gasteiger partial charge < -0.3 is 25.0 Å². The van der Waals surface area contributed by atoms with E-state index < -0.39 is 39.7 Å². The number of alkyl halides is 3. The topological polar surface area (TPSA) is 138 Å². The molecule has 14 heteroatoms. The van der Waals surface area contributed by atoms with E-state index in [0.717, 1.165) is 17.5 Å². The number of nitrogens with one attached hydrogen (secondary N) is 1. The molecule has 0 aromatic heterocycles. The third-order valence-corrected chi connectivity index (χ3v) is 8.46. The van der Waals surface area contributed by atoms with Crippen LogP contribution in [0.3, 0.4) is 0 Å².